The largest absolute Gasteiger partial charge is 0.300 e. The molecule has 0 bridgehead atoms. The quantitative estimate of drug-likeness (QED) is 0.596. The van der Waals surface area contributed by atoms with E-state index in [1.165, 1.54) is 13.8 Å². The van der Waals surface area contributed by atoms with Crippen LogP contribution in [0.1, 0.15) is 13.8 Å². The van der Waals surface area contributed by atoms with Gasteiger partial charge in [0.2, 0.25) is 0 Å². The van der Waals surface area contributed by atoms with Crippen LogP contribution in [-0.2, 0) is 4.79 Å². The number of hydrogen-bond acceptors (Lipinski definition) is 1. The van der Waals surface area contributed by atoms with Crippen molar-refractivity contribution >= 4 is 5.78 Å². The van der Waals surface area contributed by atoms with E-state index in [4.69, 9.17) is 0 Å². The summed E-state index contributed by atoms with van der Waals surface area (Å²) in [5, 5.41) is 0. The molecule has 0 spiro atoms. The molecule has 0 N–H and O–H groups in total. The molecule has 2 heteroatoms. The first-order valence-electron chi connectivity index (χ1n) is 1.20. The molecule has 0 unspecified atom stereocenters. The first-order chi connectivity index (χ1) is 1.73. The second-order valence-electron chi connectivity index (χ2n) is 0.908. The summed E-state index contributed by atoms with van der Waals surface area (Å²) in [6.07, 6.45) is 0. The molecule has 0 fully saturated rings. The second kappa shape index (κ2) is 5.19. The fraction of sp³-hybridized carbons (Fsp3) is 0.667. The SMILES string of the molecule is CC(C)=O.[Yb]. The van der Waals surface area contributed by atoms with Crippen LogP contribution in [0.15, 0.2) is 0 Å². The van der Waals surface area contributed by atoms with Crippen LogP contribution < -0.4 is 0 Å². The molecule has 0 aromatic rings. The predicted molar refractivity (Wildman–Crippen MR) is 16.4 cm³/mol. The molecule has 0 aliphatic carbocycles. The van der Waals surface area contributed by atoms with E-state index in [-0.39, 0.29) is 52.7 Å². The Morgan fingerprint density at radius 1 is 1.40 bits per heavy atom. The van der Waals surface area contributed by atoms with Gasteiger partial charge in [0.05, 0.1) is 0 Å². The molecule has 0 radical (unpaired) electrons. The van der Waals surface area contributed by atoms with Gasteiger partial charge in [0.1, 0.15) is 5.78 Å². The van der Waals surface area contributed by atoms with Crippen molar-refractivity contribution in [3.63, 3.8) is 0 Å². The summed E-state index contributed by atoms with van der Waals surface area (Å²) in [5.74, 6) is 0.167. The van der Waals surface area contributed by atoms with Gasteiger partial charge in [-0.1, -0.05) is 0 Å². The van der Waals surface area contributed by atoms with Crippen LogP contribution in [0.4, 0.5) is 0 Å². The summed E-state index contributed by atoms with van der Waals surface area (Å²) in [7, 11) is 0. The molecule has 0 aliphatic rings. The third-order valence-electron chi connectivity index (χ3n) is 0. The molecule has 0 heterocycles. The molecule has 0 rings (SSSR count). The van der Waals surface area contributed by atoms with E-state index in [0.29, 0.717) is 0 Å². The van der Waals surface area contributed by atoms with E-state index in [9.17, 15) is 4.79 Å². The van der Waals surface area contributed by atoms with Gasteiger partial charge in [0.25, 0.3) is 0 Å². The summed E-state index contributed by atoms with van der Waals surface area (Å²) in [6, 6.07) is 0. The average Bonchev–Trinajstić information content (AvgIpc) is 0.811. The van der Waals surface area contributed by atoms with E-state index >= 15 is 0 Å². The van der Waals surface area contributed by atoms with Gasteiger partial charge in [-0.25, -0.2) is 0 Å². The number of carbonyl (C=O) groups excluding carboxylic acids is 1. The van der Waals surface area contributed by atoms with Crippen molar-refractivity contribution in [3.05, 3.63) is 0 Å². The van der Waals surface area contributed by atoms with Crippen molar-refractivity contribution in [2.24, 2.45) is 0 Å². The molecule has 0 atom stereocenters. The minimum Gasteiger partial charge on any atom is -0.300 e. The van der Waals surface area contributed by atoms with Crippen molar-refractivity contribution in [1.82, 2.24) is 0 Å². The Bertz CT molecular complexity index is 29.9. The van der Waals surface area contributed by atoms with Gasteiger partial charge in [-0.05, 0) is 13.8 Å². The Morgan fingerprint density at radius 3 is 1.40 bits per heavy atom. The van der Waals surface area contributed by atoms with Crippen LogP contribution in [0.25, 0.3) is 0 Å². The Hall–Kier alpha value is 1.19. The molecule has 0 saturated heterocycles. The van der Waals surface area contributed by atoms with Crippen LogP contribution >= 0.6 is 0 Å². The molecule has 0 aromatic carbocycles. The number of rotatable bonds is 0. The van der Waals surface area contributed by atoms with Gasteiger partial charge in [0, 0.05) is 46.9 Å². The second-order valence-corrected chi connectivity index (χ2v) is 0.908. The molecule has 0 aromatic heterocycles. The van der Waals surface area contributed by atoms with Crippen molar-refractivity contribution in [2.45, 2.75) is 13.8 Å². The van der Waals surface area contributed by atoms with E-state index in [1.54, 1.807) is 0 Å². The van der Waals surface area contributed by atoms with Gasteiger partial charge in [-0.3, -0.25) is 0 Å². The molecule has 5 heavy (non-hydrogen) atoms. The van der Waals surface area contributed by atoms with Gasteiger partial charge in [-0.2, -0.15) is 0 Å². The van der Waals surface area contributed by atoms with Gasteiger partial charge < -0.3 is 4.79 Å². The zero-order valence-electron chi connectivity index (χ0n) is 3.18. The van der Waals surface area contributed by atoms with Crippen molar-refractivity contribution in [1.29, 1.82) is 0 Å². The zero-order valence-corrected chi connectivity index (χ0v) is 4.89. The molecule has 0 amide bonds. The molecule has 0 saturated carbocycles. The van der Waals surface area contributed by atoms with E-state index in [1.807, 2.05) is 0 Å². The molecule has 0 aliphatic heterocycles. The maximum Gasteiger partial charge on any atom is 0.126 e. The van der Waals surface area contributed by atoms with E-state index in [0.717, 1.165) is 0 Å². The minimum absolute atomic E-state index is 0. The maximum atomic E-state index is 9.44. The Labute approximate surface area is 70.4 Å². The summed E-state index contributed by atoms with van der Waals surface area (Å²) in [4.78, 5) is 9.44. The number of hydrogen-bond donors (Lipinski definition) is 0. The van der Waals surface area contributed by atoms with Crippen LogP contribution in [0, 0.1) is 46.9 Å². The van der Waals surface area contributed by atoms with Crippen LogP contribution in [0.2, 0.25) is 0 Å². The summed E-state index contributed by atoms with van der Waals surface area (Å²) in [5.41, 5.74) is 0. The molecule has 38 valence electrons. The zero-order chi connectivity index (χ0) is 3.58. The van der Waals surface area contributed by atoms with Crippen molar-refractivity contribution in [3.8, 4) is 0 Å². The van der Waals surface area contributed by atoms with Gasteiger partial charge in [-0.15, -0.1) is 0 Å². The topological polar surface area (TPSA) is 17.1 Å². The van der Waals surface area contributed by atoms with Crippen LogP contribution in [0.3, 0.4) is 0 Å². The fourth-order valence-corrected chi connectivity index (χ4v) is 0. The summed E-state index contributed by atoms with van der Waals surface area (Å²) >= 11 is 0. The van der Waals surface area contributed by atoms with Crippen LogP contribution in [0.5, 0.6) is 0 Å². The summed E-state index contributed by atoms with van der Waals surface area (Å²) < 4.78 is 0. The van der Waals surface area contributed by atoms with Crippen molar-refractivity contribution < 1.29 is 51.7 Å². The van der Waals surface area contributed by atoms with Gasteiger partial charge in [0.15, 0.2) is 0 Å². The Morgan fingerprint density at radius 2 is 1.40 bits per heavy atom. The smallest absolute Gasteiger partial charge is 0.126 e. The first-order valence-corrected chi connectivity index (χ1v) is 1.20. The van der Waals surface area contributed by atoms with Crippen molar-refractivity contribution in [2.75, 3.05) is 0 Å². The molecular formula is C3H6OYb. The monoisotopic (exact) mass is 232 g/mol. The number of carbonyl (C=O) groups is 1. The third kappa shape index (κ3) is 37.3. The minimum atomic E-state index is 0. The third-order valence-corrected chi connectivity index (χ3v) is 0. The molecule has 1 nitrogen and oxygen atoms in total. The average molecular weight is 231 g/mol. The Kier molecular flexibility index (Phi) is 9.86. The Balaban J connectivity index is 0. The maximum absolute atomic E-state index is 9.44. The number of ketones is 1. The van der Waals surface area contributed by atoms with Gasteiger partial charge >= 0.3 is 0 Å². The summed E-state index contributed by atoms with van der Waals surface area (Å²) in [6.45, 7) is 3.06. The normalized spacial score (nSPS) is 5.20. The first kappa shape index (κ1) is 9.50. The molecular weight excluding hydrogens is 225 g/mol. The predicted octanol–water partition coefficient (Wildman–Crippen LogP) is 0.595. The van der Waals surface area contributed by atoms with E-state index in [2.05, 4.69) is 0 Å². The number of Topliss-reactive ketones (excluding diaryl/α,β-unsaturated/α-hetero) is 1. The fourth-order valence-electron chi connectivity index (χ4n) is 0. The van der Waals surface area contributed by atoms with E-state index < -0.39 is 0 Å². The van der Waals surface area contributed by atoms with Crippen LogP contribution in [-0.4, -0.2) is 5.78 Å². The standard InChI is InChI=1S/C3H6O.Yb/c1-3(2)4;/h1-2H3;.